The molecule has 0 amide bonds. The molecule has 0 atom stereocenters. The topological polar surface area (TPSA) is 85.7 Å². The Hall–Kier alpha value is -2.61. The van der Waals surface area contributed by atoms with Crippen LogP contribution in [0, 0.1) is 0 Å². The quantitative estimate of drug-likeness (QED) is 0.529. The van der Waals surface area contributed by atoms with Crippen LogP contribution in [-0.2, 0) is 0 Å². The first kappa shape index (κ1) is 15.3. The van der Waals surface area contributed by atoms with Gasteiger partial charge in [0.15, 0.2) is 5.78 Å². The minimum atomic E-state index is -0.00681. The van der Waals surface area contributed by atoms with Gasteiger partial charge >= 0.3 is 0 Å². The lowest BCUT2D eigenvalue weighted by Crippen LogP contribution is -2.06. The van der Waals surface area contributed by atoms with E-state index >= 15 is 0 Å². The van der Waals surface area contributed by atoms with E-state index in [0.29, 0.717) is 23.2 Å². The van der Waals surface area contributed by atoms with Gasteiger partial charge in [-0.05, 0) is 41.6 Å². The number of aromatic nitrogens is 5. The number of rotatable bonds is 7. The van der Waals surface area contributed by atoms with Crippen molar-refractivity contribution in [2.24, 2.45) is 0 Å². The van der Waals surface area contributed by atoms with Crippen LogP contribution in [0.25, 0.3) is 5.69 Å². The van der Waals surface area contributed by atoms with Gasteiger partial charge in [-0.1, -0.05) is 23.9 Å². The van der Waals surface area contributed by atoms with E-state index in [0.717, 1.165) is 5.69 Å². The van der Waals surface area contributed by atoms with Crippen LogP contribution in [0.3, 0.4) is 0 Å². The largest absolute Gasteiger partial charge is 0.492 e. The lowest BCUT2D eigenvalue weighted by atomic mass is 10.3. The number of Topliss-reactive ketones (excluding diaryl/α,β-unsaturated/α-hetero) is 1. The van der Waals surface area contributed by atoms with Crippen molar-refractivity contribution >= 4 is 17.5 Å². The smallest absolute Gasteiger partial charge is 0.214 e. The van der Waals surface area contributed by atoms with Crippen LogP contribution in [0.4, 0.5) is 0 Å². The van der Waals surface area contributed by atoms with Gasteiger partial charge in [0.05, 0.1) is 18.1 Å². The minimum Gasteiger partial charge on any atom is -0.492 e. The Balaban J connectivity index is 1.79. The fraction of sp³-hybridized carbons (Fsp3) is 0.200. The third-order valence-corrected chi connectivity index (χ3v) is 3.98. The molecule has 1 aromatic carbocycles. The zero-order valence-corrected chi connectivity index (χ0v) is 13.3. The van der Waals surface area contributed by atoms with E-state index in [4.69, 9.17) is 4.74 Å². The van der Waals surface area contributed by atoms with Gasteiger partial charge in [0.2, 0.25) is 5.16 Å². The fourth-order valence-electron chi connectivity index (χ4n) is 2.04. The predicted molar refractivity (Wildman–Crippen MR) is 86.2 cm³/mol. The van der Waals surface area contributed by atoms with Crippen LogP contribution in [0.15, 0.2) is 47.8 Å². The SMILES string of the molecule is CCOc1ccccc1-n1nnnc1SCC(=O)c1ccc[nH]1. The first-order valence-corrected chi connectivity index (χ1v) is 8.08. The van der Waals surface area contributed by atoms with Crippen LogP contribution in [-0.4, -0.2) is 43.3 Å². The van der Waals surface area contributed by atoms with Gasteiger partial charge in [-0.2, -0.15) is 4.68 Å². The molecule has 0 bridgehead atoms. The van der Waals surface area contributed by atoms with Crippen molar-refractivity contribution in [2.45, 2.75) is 12.1 Å². The summed E-state index contributed by atoms with van der Waals surface area (Å²) in [5.41, 5.74) is 1.32. The fourth-order valence-corrected chi connectivity index (χ4v) is 2.81. The Labute approximate surface area is 137 Å². The molecule has 2 heterocycles. The van der Waals surface area contributed by atoms with Gasteiger partial charge in [0.25, 0.3) is 0 Å². The molecule has 0 spiro atoms. The molecule has 7 nitrogen and oxygen atoms in total. The van der Waals surface area contributed by atoms with E-state index in [1.165, 1.54) is 11.8 Å². The second-order valence-corrected chi connectivity index (χ2v) is 5.51. The summed E-state index contributed by atoms with van der Waals surface area (Å²) in [5.74, 6) is 0.935. The second-order valence-electron chi connectivity index (χ2n) is 4.57. The lowest BCUT2D eigenvalue weighted by molar-refractivity contribution is 0.101. The van der Waals surface area contributed by atoms with Gasteiger partial charge in [-0.3, -0.25) is 4.79 Å². The highest BCUT2D eigenvalue weighted by Gasteiger charge is 2.15. The van der Waals surface area contributed by atoms with Crippen LogP contribution in [0.5, 0.6) is 5.75 Å². The number of aromatic amines is 1. The van der Waals surface area contributed by atoms with Crippen molar-refractivity contribution in [3.05, 3.63) is 48.3 Å². The van der Waals surface area contributed by atoms with E-state index in [2.05, 4.69) is 20.5 Å². The summed E-state index contributed by atoms with van der Waals surface area (Å²) in [4.78, 5) is 15.0. The van der Waals surface area contributed by atoms with Gasteiger partial charge in [0.1, 0.15) is 11.4 Å². The monoisotopic (exact) mass is 329 g/mol. The molecule has 3 rings (SSSR count). The number of hydrogen-bond acceptors (Lipinski definition) is 6. The summed E-state index contributed by atoms with van der Waals surface area (Å²) in [6, 6.07) is 11.0. The van der Waals surface area contributed by atoms with E-state index in [1.54, 1.807) is 23.0 Å². The molecule has 0 radical (unpaired) electrons. The van der Waals surface area contributed by atoms with Gasteiger partial charge in [-0.25, -0.2) is 0 Å². The lowest BCUT2D eigenvalue weighted by Gasteiger charge is -2.10. The number of hydrogen-bond donors (Lipinski definition) is 1. The van der Waals surface area contributed by atoms with Crippen molar-refractivity contribution in [3.8, 4) is 11.4 Å². The Bertz CT molecular complexity index is 785. The third kappa shape index (κ3) is 3.42. The minimum absolute atomic E-state index is 0.00681. The molecule has 8 heteroatoms. The zero-order valence-electron chi connectivity index (χ0n) is 12.5. The number of para-hydroxylation sites is 2. The highest BCUT2D eigenvalue weighted by Crippen LogP contribution is 2.26. The normalized spacial score (nSPS) is 10.7. The molecule has 0 aliphatic carbocycles. The number of thioether (sulfide) groups is 1. The maximum Gasteiger partial charge on any atom is 0.214 e. The Morgan fingerprint density at radius 3 is 2.96 bits per heavy atom. The number of carbonyl (C=O) groups excluding carboxylic acids is 1. The van der Waals surface area contributed by atoms with E-state index in [-0.39, 0.29) is 11.5 Å². The molecule has 0 unspecified atom stereocenters. The average Bonchev–Trinajstić information content (AvgIpc) is 3.25. The van der Waals surface area contributed by atoms with E-state index in [9.17, 15) is 4.79 Å². The van der Waals surface area contributed by atoms with Gasteiger partial charge < -0.3 is 9.72 Å². The zero-order chi connectivity index (χ0) is 16.1. The summed E-state index contributed by atoms with van der Waals surface area (Å²) in [7, 11) is 0. The maximum absolute atomic E-state index is 12.1. The van der Waals surface area contributed by atoms with E-state index in [1.807, 2.05) is 31.2 Å². The molecule has 0 saturated carbocycles. The standard InChI is InChI=1S/C15H15N5O2S/c1-2-22-14-8-4-3-7-12(14)20-15(17-18-19-20)23-10-13(21)11-6-5-9-16-11/h3-9,16H,2,10H2,1H3. The highest BCUT2D eigenvalue weighted by molar-refractivity contribution is 7.99. The number of H-pyrrole nitrogens is 1. The Morgan fingerprint density at radius 1 is 1.30 bits per heavy atom. The number of nitrogens with one attached hydrogen (secondary N) is 1. The summed E-state index contributed by atoms with van der Waals surface area (Å²) in [6.45, 7) is 2.47. The van der Waals surface area contributed by atoms with Crippen LogP contribution >= 0.6 is 11.8 Å². The predicted octanol–water partition coefficient (Wildman–Crippen LogP) is 2.36. The Morgan fingerprint density at radius 2 is 2.17 bits per heavy atom. The first-order chi connectivity index (χ1) is 11.3. The number of benzene rings is 1. The number of ketones is 1. The summed E-state index contributed by atoms with van der Waals surface area (Å²) in [5, 5.41) is 12.2. The first-order valence-electron chi connectivity index (χ1n) is 7.09. The third-order valence-electron chi connectivity index (χ3n) is 3.06. The molecule has 0 aliphatic rings. The van der Waals surface area contributed by atoms with Crippen LogP contribution < -0.4 is 4.74 Å². The molecule has 23 heavy (non-hydrogen) atoms. The number of nitrogens with zero attached hydrogens (tertiary/aromatic N) is 4. The van der Waals surface area contributed by atoms with Gasteiger partial charge in [-0.15, -0.1) is 5.10 Å². The van der Waals surface area contributed by atoms with Crippen molar-refractivity contribution in [1.82, 2.24) is 25.2 Å². The van der Waals surface area contributed by atoms with Gasteiger partial charge in [0, 0.05) is 6.20 Å². The average molecular weight is 329 g/mol. The summed E-state index contributed by atoms with van der Waals surface area (Å²) < 4.78 is 7.18. The molecular weight excluding hydrogens is 314 g/mol. The second kappa shape index (κ2) is 7.10. The maximum atomic E-state index is 12.1. The molecule has 0 saturated heterocycles. The van der Waals surface area contributed by atoms with Crippen LogP contribution in [0.2, 0.25) is 0 Å². The van der Waals surface area contributed by atoms with Crippen molar-refractivity contribution < 1.29 is 9.53 Å². The van der Waals surface area contributed by atoms with Crippen LogP contribution in [0.1, 0.15) is 17.4 Å². The summed E-state index contributed by atoms with van der Waals surface area (Å²) >= 11 is 1.28. The molecule has 2 aromatic heterocycles. The number of carbonyl (C=O) groups is 1. The molecule has 1 N–H and O–H groups in total. The van der Waals surface area contributed by atoms with Crippen molar-refractivity contribution in [3.63, 3.8) is 0 Å². The highest BCUT2D eigenvalue weighted by atomic mass is 32.2. The molecule has 118 valence electrons. The molecule has 0 aliphatic heterocycles. The number of ether oxygens (including phenoxy) is 1. The molecule has 0 fully saturated rings. The Kier molecular flexibility index (Phi) is 4.72. The van der Waals surface area contributed by atoms with Crippen molar-refractivity contribution in [2.75, 3.05) is 12.4 Å². The molecule has 3 aromatic rings. The van der Waals surface area contributed by atoms with E-state index < -0.39 is 0 Å². The van der Waals surface area contributed by atoms with Crippen molar-refractivity contribution in [1.29, 1.82) is 0 Å². The molecular formula is C15H15N5O2S. The summed E-state index contributed by atoms with van der Waals surface area (Å²) in [6.07, 6.45) is 1.72. The number of tetrazole rings is 1.